The molecule has 1 aliphatic heterocycles. The maximum absolute atomic E-state index is 9.26. The van der Waals surface area contributed by atoms with Crippen LogP contribution in [-0.2, 0) is 9.47 Å². The van der Waals surface area contributed by atoms with Gasteiger partial charge in [0.25, 0.3) is 0 Å². The van der Waals surface area contributed by atoms with Crippen LogP contribution in [0.3, 0.4) is 0 Å². The van der Waals surface area contributed by atoms with Gasteiger partial charge in [-0.15, -0.1) is 0 Å². The topological polar surface area (TPSA) is 38.7 Å². The van der Waals surface area contributed by atoms with Gasteiger partial charge in [-0.3, -0.25) is 0 Å². The third kappa shape index (κ3) is 26.6. The Hall–Kier alpha value is -1.16. The molecule has 0 aromatic heterocycles. The monoisotopic (exact) mass is 629 g/mol. The zero-order chi connectivity index (χ0) is 32.4. The number of aliphatic hydroxyl groups excluding tert-OH is 1. The van der Waals surface area contributed by atoms with E-state index in [1.807, 2.05) is 0 Å². The lowest BCUT2D eigenvalue weighted by Gasteiger charge is -2.28. The first kappa shape index (κ1) is 41.9. The van der Waals surface area contributed by atoms with E-state index in [1.54, 1.807) is 0 Å². The quantitative estimate of drug-likeness (QED) is 0.0580. The predicted octanol–water partition coefficient (Wildman–Crippen LogP) is 13.3. The summed E-state index contributed by atoms with van der Waals surface area (Å²) in [6.45, 7) is 5.46. The van der Waals surface area contributed by atoms with Crippen molar-refractivity contribution in [3.05, 3.63) is 48.6 Å². The summed E-state index contributed by atoms with van der Waals surface area (Å²) in [5, 5.41) is 9.26. The molecule has 3 nitrogen and oxygen atoms in total. The molecule has 262 valence electrons. The van der Waals surface area contributed by atoms with Crippen molar-refractivity contribution >= 4 is 0 Å². The molecule has 0 spiro atoms. The van der Waals surface area contributed by atoms with Crippen LogP contribution in [0.25, 0.3) is 0 Å². The molecule has 1 fully saturated rings. The van der Waals surface area contributed by atoms with E-state index in [0.29, 0.717) is 6.61 Å². The van der Waals surface area contributed by atoms with Crippen LogP contribution in [0.2, 0.25) is 0 Å². The fourth-order valence-electron chi connectivity index (χ4n) is 6.15. The number of hydrogen-bond donors (Lipinski definition) is 1. The van der Waals surface area contributed by atoms with Gasteiger partial charge < -0.3 is 14.6 Å². The average molecular weight is 629 g/mol. The molecule has 0 saturated carbocycles. The van der Waals surface area contributed by atoms with Gasteiger partial charge in [-0.2, -0.15) is 0 Å². The van der Waals surface area contributed by atoms with Gasteiger partial charge in [0.05, 0.1) is 12.7 Å². The van der Waals surface area contributed by atoms with Gasteiger partial charge in [-0.25, -0.2) is 0 Å². The van der Waals surface area contributed by atoms with Crippen LogP contribution in [0.15, 0.2) is 48.6 Å². The molecular weight excluding hydrogens is 552 g/mol. The molecule has 0 radical (unpaired) electrons. The number of aliphatic hydroxyl groups is 1. The highest BCUT2D eigenvalue weighted by molar-refractivity contribution is 4.86. The van der Waals surface area contributed by atoms with Crippen molar-refractivity contribution in [1.82, 2.24) is 0 Å². The lowest BCUT2D eigenvalue weighted by molar-refractivity contribution is -0.180. The van der Waals surface area contributed by atoms with Crippen molar-refractivity contribution < 1.29 is 14.6 Å². The highest BCUT2D eigenvalue weighted by Crippen LogP contribution is 2.35. The maximum Gasteiger partial charge on any atom is 0.168 e. The van der Waals surface area contributed by atoms with Gasteiger partial charge >= 0.3 is 0 Å². The van der Waals surface area contributed by atoms with Gasteiger partial charge in [0.1, 0.15) is 0 Å². The maximum atomic E-state index is 9.26. The van der Waals surface area contributed by atoms with Crippen molar-refractivity contribution in [2.75, 3.05) is 13.2 Å². The molecule has 1 saturated heterocycles. The smallest absolute Gasteiger partial charge is 0.168 e. The largest absolute Gasteiger partial charge is 0.396 e. The van der Waals surface area contributed by atoms with Crippen molar-refractivity contribution in [3.63, 3.8) is 0 Å². The number of ether oxygens (including phenoxy) is 2. The van der Waals surface area contributed by atoms with Gasteiger partial charge in [-0.05, 0) is 128 Å². The van der Waals surface area contributed by atoms with E-state index in [1.165, 1.54) is 154 Å². The van der Waals surface area contributed by atoms with Gasteiger partial charge in [0, 0.05) is 19.4 Å². The SMILES string of the molecule is CCCCC/C=C\CCCC/C=C\CCCCCC1(CCCCC/C=C\CCCC/C=C\CCCCC)OC[C@H](CCCO)O1. The van der Waals surface area contributed by atoms with E-state index in [2.05, 4.69) is 62.5 Å². The minimum absolute atomic E-state index is 0.149. The highest BCUT2D eigenvalue weighted by atomic mass is 16.7. The minimum Gasteiger partial charge on any atom is -0.396 e. The molecule has 1 aliphatic rings. The van der Waals surface area contributed by atoms with E-state index in [4.69, 9.17) is 9.47 Å². The van der Waals surface area contributed by atoms with Crippen molar-refractivity contribution in [2.45, 2.75) is 206 Å². The summed E-state index contributed by atoms with van der Waals surface area (Å²) in [6.07, 6.45) is 53.4. The third-order valence-electron chi connectivity index (χ3n) is 9.05. The Bertz CT molecular complexity index is 673. The van der Waals surface area contributed by atoms with Gasteiger partial charge in [0.15, 0.2) is 5.79 Å². The van der Waals surface area contributed by atoms with Gasteiger partial charge in [-0.1, -0.05) is 101 Å². The van der Waals surface area contributed by atoms with E-state index < -0.39 is 0 Å². The second-order valence-corrected chi connectivity index (χ2v) is 13.5. The lowest BCUT2D eigenvalue weighted by atomic mass is 9.99. The predicted molar refractivity (Wildman–Crippen MR) is 198 cm³/mol. The number of hydrogen-bond acceptors (Lipinski definition) is 3. The number of allylic oxidation sites excluding steroid dienone is 8. The lowest BCUT2D eigenvalue weighted by Crippen LogP contribution is -2.31. The van der Waals surface area contributed by atoms with Crippen LogP contribution in [0.1, 0.15) is 194 Å². The molecule has 0 aliphatic carbocycles. The average Bonchev–Trinajstić information content (AvgIpc) is 3.46. The van der Waals surface area contributed by atoms with E-state index in [0.717, 1.165) is 25.7 Å². The van der Waals surface area contributed by atoms with Crippen molar-refractivity contribution in [1.29, 1.82) is 0 Å². The summed E-state index contributed by atoms with van der Waals surface area (Å²) in [5.74, 6) is -0.388. The van der Waals surface area contributed by atoms with Gasteiger partial charge in [0.2, 0.25) is 0 Å². The summed E-state index contributed by atoms with van der Waals surface area (Å²) >= 11 is 0. The molecule has 0 aromatic carbocycles. The Balaban J connectivity index is 2.14. The molecular formula is C42H76O3. The Kier molecular flexibility index (Phi) is 30.5. The van der Waals surface area contributed by atoms with Crippen molar-refractivity contribution in [2.24, 2.45) is 0 Å². The summed E-state index contributed by atoms with van der Waals surface area (Å²) < 4.78 is 12.9. The van der Waals surface area contributed by atoms with Crippen LogP contribution >= 0.6 is 0 Å². The first-order valence-corrected chi connectivity index (χ1v) is 19.8. The highest BCUT2D eigenvalue weighted by Gasteiger charge is 2.40. The fourth-order valence-corrected chi connectivity index (χ4v) is 6.15. The molecule has 1 atom stereocenters. The fraction of sp³-hybridized carbons (Fsp3) is 0.810. The number of rotatable bonds is 33. The second-order valence-electron chi connectivity index (χ2n) is 13.5. The molecule has 0 unspecified atom stereocenters. The second kappa shape index (κ2) is 32.8. The van der Waals surface area contributed by atoms with Crippen molar-refractivity contribution in [3.8, 4) is 0 Å². The molecule has 3 heteroatoms. The minimum atomic E-state index is -0.388. The Morgan fingerprint density at radius 3 is 1.20 bits per heavy atom. The normalized spacial score (nSPS) is 16.9. The van der Waals surface area contributed by atoms with Crippen LogP contribution in [0.5, 0.6) is 0 Å². The summed E-state index contributed by atoms with van der Waals surface area (Å²) in [6, 6.07) is 0. The standard InChI is InChI=1S/C42H76O3/c1-3-5-7-9-11-13-15-17-19-21-23-25-27-29-31-33-37-42(44-40-41(45-42)36-35-39-43)38-34-32-30-28-26-24-22-20-18-16-14-12-10-8-6-4-2/h11-14,23-26,41,43H,3-10,15-22,27-40H2,1-2H3/b13-11-,14-12-,25-23-,26-24-/t41-/m0/s1. The first-order valence-electron chi connectivity index (χ1n) is 19.8. The first-order chi connectivity index (χ1) is 22.3. The molecule has 1 rings (SSSR count). The molecule has 45 heavy (non-hydrogen) atoms. The zero-order valence-corrected chi connectivity index (χ0v) is 30.2. The van der Waals surface area contributed by atoms with E-state index >= 15 is 0 Å². The summed E-state index contributed by atoms with van der Waals surface area (Å²) in [4.78, 5) is 0. The van der Waals surface area contributed by atoms with Crippen LogP contribution in [0.4, 0.5) is 0 Å². The summed E-state index contributed by atoms with van der Waals surface area (Å²) in [7, 11) is 0. The summed E-state index contributed by atoms with van der Waals surface area (Å²) in [5.41, 5.74) is 0. The van der Waals surface area contributed by atoms with E-state index in [-0.39, 0.29) is 18.5 Å². The Labute approximate surface area is 281 Å². The third-order valence-corrected chi connectivity index (χ3v) is 9.05. The van der Waals surface area contributed by atoms with E-state index in [9.17, 15) is 5.11 Å². The Morgan fingerprint density at radius 2 is 0.844 bits per heavy atom. The molecule has 1 N–H and O–H groups in total. The Morgan fingerprint density at radius 1 is 0.489 bits per heavy atom. The van der Waals surface area contributed by atoms with Crippen LogP contribution < -0.4 is 0 Å². The number of unbranched alkanes of at least 4 members (excludes halogenated alkanes) is 18. The zero-order valence-electron chi connectivity index (χ0n) is 30.2. The molecule has 0 aromatic rings. The van der Waals surface area contributed by atoms with Crippen LogP contribution in [-0.4, -0.2) is 30.2 Å². The molecule has 0 bridgehead atoms. The molecule has 1 heterocycles. The molecule has 0 amide bonds. The van der Waals surface area contributed by atoms with Crippen LogP contribution in [0, 0.1) is 0 Å².